The van der Waals surface area contributed by atoms with Gasteiger partial charge in [-0.3, -0.25) is 19.2 Å². The quantitative estimate of drug-likeness (QED) is 0.228. The number of carbonyl (C=O) groups excluding carboxylic acids is 2. The van der Waals surface area contributed by atoms with Crippen molar-refractivity contribution in [3.8, 4) is 0 Å². The van der Waals surface area contributed by atoms with E-state index in [1.165, 1.54) is 36.4 Å². The molecule has 0 saturated carbocycles. The van der Waals surface area contributed by atoms with Crippen LogP contribution in [0.2, 0.25) is 0 Å². The Morgan fingerprint density at radius 1 is 0.684 bits per heavy atom. The number of rotatable bonds is 2. The van der Waals surface area contributed by atoms with Crippen LogP contribution in [0.15, 0.2) is 76.3 Å². The van der Waals surface area contributed by atoms with Crippen molar-refractivity contribution in [1.82, 2.24) is 9.97 Å². The molecule has 5 aromatic rings. The highest BCUT2D eigenvalue weighted by atomic mass is 19.1. The Labute approximate surface area is 215 Å². The molecule has 0 bridgehead atoms. The van der Waals surface area contributed by atoms with Crippen LogP contribution in [0.4, 0.5) is 10.1 Å². The molecule has 0 fully saturated rings. The van der Waals surface area contributed by atoms with Gasteiger partial charge >= 0.3 is 0 Å². The number of hydrogen-bond acceptors (Lipinski definition) is 4. The van der Waals surface area contributed by atoms with Gasteiger partial charge in [-0.2, -0.15) is 0 Å². The fourth-order valence-electron chi connectivity index (χ4n) is 4.58. The highest BCUT2D eigenvalue weighted by molar-refractivity contribution is 6.35. The lowest BCUT2D eigenvalue weighted by molar-refractivity contribution is -0.110. The predicted molar refractivity (Wildman–Crippen MR) is 147 cm³/mol. The van der Waals surface area contributed by atoms with E-state index >= 15 is 0 Å². The third-order valence-corrected chi connectivity index (χ3v) is 6.44. The average molecular weight is 508 g/mol. The van der Waals surface area contributed by atoms with E-state index in [9.17, 15) is 23.6 Å². The maximum atomic E-state index is 13.5. The van der Waals surface area contributed by atoms with E-state index in [1.807, 2.05) is 13.8 Å². The first-order valence-corrected chi connectivity index (χ1v) is 11.8. The monoisotopic (exact) mass is 507 g/mol. The Balaban J connectivity index is 0.000000179. The average Bonchev–Trinajstić information content (AvgIpc) is 3.34. The number of H-pyrrole nitrogens is 2. The van der Waals surface area contributed by atoms with Gasteiger partial charge in [0.05, 0.1) is 11.3 Å². The number of halogens is 1. The molecule has 0 atom stereocenters. The van der Waals surface area contributed by atoms with Crippen molar-refractivity contribution >= 4 is 51.1 Å². The van der Waals surface area contributed by atoms with E-state index in [1.54, 1.807) is 36.4 Å². The molecule has 7 nitrogen and oxygen atoms in total. The van der Waals surface area contributed by atoms with Crippen LogP contribution >= 0.6 is 0 Å². The maximum Gasteiger partial charge on any atom is 0.256 e. The third kappa shape index (κ3) is 4.55. The molecule has 0 aliphatic carbocycles. The summed E-state index contributed by atoms with van der Waals surface area (Å²) in [6.07, 6.45) is 2.46. The van der Waals surface area contributed by atoms with E-state index < -0.39 is 5.82 Å². The molecule has 0 spiro atoms. The van der Waals surface area contributed by atoms with Gasteiger partial charge in [-0.1, -0.05) is 0 Å². The first kappa shape index (κ1) is 24.6. The zero-order valence-corrected chi connectivity index (χ0v) is 20.5. The van der Waals surface area contributed by atoms with Crippen LogP contribution in [0.25, 0.3) is 33.2 Å². The molecule has 3 N–H and O–H groups in total. The molecule has 1 amide bonds. The summed E-state index contributed by atoms with van der Waals surface area (Å²) >= 11 is 0. The van der Waals surface area contributed by atoms with Gasteiger partial charge in [0.1, 0.15) is 5.82 Å². The van der Waals surface area contributed by atoms with Crippen LogP contribution in [-0.2, 0) is 4.79 Å². The summed E-state index contributed by atoms with van der Waals surface area (Å²) in [7, 11) is 0. The van der Waals surface area contributed by atoms with E-state index in [2.05, 4.69) is 15.3 Å². The second kappa shape index (κ2) is 9.74. The number of benzene rings is 1. The van der Waals surface area contributed by atoms with Gasteiger partial charge in [-0.25, -0.2) is 4.39 Å². The molecule has 8 heteroatoms. The van der Waals surface area contributed by atoms with Gasteiger partial charge in [0.15, 0.2) is 17.1 Å². The van der Waals surface area contributed by atoms with Crippen LogP contribution in [-0.4, -0.2) is 22.2 Å². The van der Waals surface area contributed by atoms with Crippen molar-refractivity contribution in [2.24, 2.45) is 0 Å². The molecule has 188 valence electrons. The highest BCUT2D eigenvalue weighted by Gasteiger charge is 2.25. The second-order valence-corrected chi connectivity index (χ2v) is 8.94. The molecule has 0 unspecified atom stereocenters. The summed E-state index contributed by atoms with van der Waals surface area (Å²) in [5.74, 6) is -0.674. The summed E-state index contributed by atoms with van der Waals surface area (Å²) in [5.41, 5.74) is 4.39. The molecule has 3 aromatic carbocycles. The van der Waals surface area contributed by atoms with E-state index in [0.29, 0.717) is 28.2 Å². The van der Waals surface area contributed by atoms with Crippen LogP contribution < -0.4 is 16.2 Å². The summed E-state index contributed by atoms with van der Waals surface area (Å²) in [4.78, 5) is 51.8. The topological polar surface area (TPSA) is 112 Å². The van der Waals surface area contributed by atoms with Crippen molar-refractivity contribution in [3.05, 3.63) is 121 Å². The molecule has 3 heterocycles. The SMILES string of the molecule is Cc1[nH]c(/C=C2\C(=O)Nc3ccc(F)cc32)c2ccc(=O)ccc12.Cc1[nH]c(C=O)c2ccc(=O)ccc12. The van der Waals surface area contributed by atoms with Gasteiger partial charge in [-0.15, -0.1) is 0 Å². The number of carbonyl (C=O) groups is 2. The van der Waals surface area contributed by atoms with Gasteiger partial charge < -0.3 is 15.3 Å². The van der Waals surface area contributed by atoms with Crippen molar-refractivity contribution in [2.75, 3.05) is 5.32 Å². The van der Waals surface area contributed by atoms with Crippen molar-refractivity contribution in [1.29, 1.82) is 0 Å². The molecule has 1 aliphatic heterocycles. The molecule has 38 heavy (non-hydrogen) atoms. The number of hydrogen-bond donors (Lipinski definition) is 3. The third-order valence-electron chi connectivity index (χ3n) is 6.44. The lowest BCUT2D eigenvalue weighted by Gasteiger charge is -1.98. The molecule has 2 aromatic heterocycles. The summed E-state index contributed by atoms with van der Waals surface area (Å²) in [5, 5.41) is 6.17. The van der Waals surface area contributed by atoms with Crippen LogP contribution in [0.5, 0.6) is 0 Å². The van der Waals surface area contributed by atoms with E-state index in [4.69, 9.17) is 0 Å². The van der Waals surface area contributed by atoms with Crippen LogP contribution in [0.3, 0.4) is 0 Å². The van der Waals surface area contributed by atoms with Crippen molar-refractivity contribution in [3.63, 3.8) is 0 Å². The first-order valence-electron chi connectivity index (χ1n) is 11.8. The standard InChI is InChI=1S/C19H13FN2O2.C11H9NO2/c1-10-13-5-3-12(23)4-6-14(13)18(21-10)9-16-15-8-11(20)2-7-17(15)22-19(16)24;1-7-9-4-2-8(14)3-5-10(9)11(6-13)12-7/h2-9,21H,1H3,(H,22,24);2-6,12H,1H3/b16-9-;. The minimum Gasteiger partial charge on any atom is -0.358 e. The Hall–Kier alpha value is -5.11. The minimum atomic E-state index is -0.397. The summed E-state index contributed by atoms with van der Waals surface area (Å²) in [6.45, 7) is 3.77. The summed E-state index contributed by atoms with van der Waals surface area (Å²) < 4.78 is 13.5. The smallest absolute Gasteiger partial charge is 0.256 e. The lowest BCUT2D eigenvalue weighted by atomic mass is 10.0. The number of aromatic nitrogens is 2. The number of aromatic amines is 2. The zero-order chi connectivity index (χ0) is 27.0. The molecule has 0 radical (unpaired) electrons. The van der Waals surface area contributed by atoms with Gasteiger partial charge in [0.25, 0.3) is 5.91 Å². The Morgan fingerprint density at radius 2 is 1.21 bits per heavy atom. The van der Waals surface area contributed by atoms with E-state index in [0.717, 1.165) is 39.2 Å². The van der Waals surface area contributed by atoms with Crippen LogP contribution in [0.1, 0.15) is 33.1 Å². The van der Waals surface area contributed by atoms with Gasteiger partial charge in [0.2, 0.25) is 0 Å². The molecule has 6 rings (SSSR count). The fourth-order valence-corrected chi connectivity index (χ4v) is 4.58. The van der Waals surface area contributed by atoms with Crippen LogP contribution in [0, 0.1) is 19.7 Å². The Bertz CT molecular complexity index is 1920. The molecule has 1 aliphatic rings. The first-order chi connectivity index (χ1) is 18.2. The minimum absolute atomic E-state index is 0.0579. The lowest BCUT2D eigenvalue weighted by Crippen LogP contribution is -2.03. The number of amides is 1. The van der Waals surface area contributed by atoms with Gasteiger partial charge in [0, 0.05) is 49.9 Å². The fraction of sp³-hybridized carbons (Fsp3) is 0.0667. The Kier molecular flexibility index (Phi) is 6.30. The van der Waals surface area contributed by atoms with Crippen molar-refractivity contribution < 1.29 is 14.0 Å². The second-order valence-electron chi connectivity index (χ2n) is 8.94. The number of aryl methyl sites for hydroxylation is 2. The van der Waals surface area contributed by atoms with Gasteiger partial charge in [-0.05, 0) is 86.7 Å². The zero-order valence-electron chi connectivity index (χ0n) is 20.5. The summed E-state index contributed by atoms with van der Waals surface area (Å²) in [6, 6.07) is 17.0. The number of nitrogens with one attached hydrogen (secondary N) is 3. The number of anilines is 1. The molecule has 0 saturated heterocycles. The normalized spacial score (nSPS) is 13.2. The molecular formula is C30H22FN3O4. The number of fused-ring (bicyclic) bond motifs is 3. The van der Waals surface area contributed by atoms with E-state index in [-0.39, 0.29) is 16.8 Å². The Morgan fingerprint density at radius 3 is 1.79 bits per heavy atom. The highest BCUT2D eigenvalue weighted by Crippen LogP contribution is 2.34. The number of aldehydes is 1. The maximum absolute atomic E-state index is 13.5. The van der Waals surface area contributed by atoms with Crippen molar-refractivity contribution in [2.45, 2.75) is 13.8 Å². The molecular weight excluding hydrogens is 485 g/mol. The largest absolute Gasteiger partial charge is 0.358 e. The predicted octanol–water partition coefficient (Wildman–Crippen LogP) is 5.12.